The van der Waals surface area contributed by atoms with Gasteiger partial charge >= 0.3 is 5.97 Å². The molecule has 2 aromatic carbocycles. The van der Waals surface area contributed by atoms with Crippen molar-refractivity contribution in [1.82, 2.24) is 0 Å². The normalized spacial score (nSPS) is 10.3. The number of alkyl halides is 1. The Bertz CT molecular complexity index is 696. The molecule has 0 radical (unpaired) electrons. The van der Waals surface area contributed by atoms with Crippen molar-refractivity contribution in [3.63, 3.8) is 0 Å². The molecule has 0 aliphatic heterocycles. The minimum absolute atomic E-state index is 0.171. The van der Waals surface area contributed by atoms with Crippen molar-refractivity contribution in [3.8, 4) is 11.5 Å². The zero-order valence-electron chi connectivity index (χ0n) is 13.0. The topological polar surface area (TPSA) is 44.8 Å². The van der Waals surface area contributed by atoms with E-state index in [1.54, 1.807) is 6.92 Å². The summed E-state index contributed by atoms with van der Waals surface area (Å²) in [7, 11) is 0. The molecule has 2 aromatic rings. The summed E-state index contributed by atoms with van der Waals surface area (Å²) < 4.78 is 16.4. The highest BCUT2D eigenvalue weighted by molar-refractivity contribution is 6.18. The molecular formula is C18H19ClO4. The molecule has 0 N–H and O–H groups in total. The first kappa shape index (κ1) is 17.2. The maximum Gasteiger partial charge on any atom is 0.333 e. The lowest BCUT2D eigenvalue weighted by Gasteiger charge is -2.13. The molecule has 0 atom stereocenters. The van der Waals surface area contributed by atoms with Crippen molar-refractivity contribution in [3.05, 3.63) is 48.6 Å². The van der Waals surface area contributed by atoms with E-state index in [0.717, 1.165) is 16.5 Å². The second kappa shape index (κ2) is 8.44. The van der Waals surface area contributed by atoms with Gasteiger partial charge in [-0.25, -0.2) is 4.79 Å². The van der Waals surface area contributed by atoms with E-state index in [4.69, 9.17) is 25.8 Å². The van der Waals surface area contributed by atoms with Crippen LogP contribution in [0, 0.1) is 0 Å². The summed E-state index contributed by atoms with van der Waals surface area (Å²) in [6.07, 6.45) is 0. The van der Waals surface area contributed by atoms with Crippen LogP contribution in [0.4, 0.5) is 0 Å². The molecule has 0 unspecified atom stereocenters. The number of carbonyl (C=O) groups is 1. The smallest absolute Gasteiger partial charge is 0.333 e. The fraction of sp³-hybridized carbons (Fsp3) is 0.278. The van der Waals surface area contributed by atoms with Crippen molar-refractivity contribution < 1.29 is 19.0 Å². The van der Waals surface area contributed by atoms with Gasteiger partial charge in [-0.15, -0.1) is 11.6 Å². The van der Waals surface area contributed by atoms with Crippen LogP contribution >= 0.6 is 11.6 Å². The van der Waals surface area contributed by atoms with Gasteiger partial charge in [0.2, 0.25) is 0 Å². The number of esters is 1. The zero-order valence-corrected chi connectivity index (χ0v) is 13.8. The van der Waals surface area contributed by atoms with Gasteiger partial charge in [-0.2, -0.15) is 0 Å². The molecule has 4 nitrogen and oxygen atoms in total. The van der Waals surface area contributed by atoms with Gasteiger partial charge in [0, 0.05) is 16.3 Å². The second-order valence-corrected chi connectivity index (χ2v) is 5.29. The zero-order chi connectivity index (χ0) is 16.7. The Kier molecular flexibility index (Phi) is 6.29. The Morgan fingerprint density at radius 1 is 1.00 bits per heavy atom. The number of carbonyl (C=O) groups excluding carboxylic acids is 1. The van der Waals surface area contributed by atoms with Gasteiger partial charge in [0.25, 0.3) is 0 Å². The monoisotopic (exact) mass is 334 g/mol. The van der Waals surface area contributed by atoms with E-state index in [2.05, 4.69) is 6.58 Å². The summed E-state index contributed by atoms with van der Waals surface area (Å²) in [5.41, 5.74) is 0.372. The maximum atomic E-state index is 11.3. The van der Waals surface area contributed by atoms with Crippen LogP contribution < -0.4 is 9.47 Å². The average Bonchev–Trinajstić information content (AvgIpc) is 2.57. The lowest BCUT2D eigenvalue weighted by atomic mass is 10.1. The van der Waals surface area contributed by atoms with E-state index < -0.39 is 5.97 Å². The highest BCUT2D eigenvalue weighted by atomic mass is 35.5. The molecule has 2 rings (SSSR count). The number of hydrogen-bond acceptors (Lipinski definition) is 4. The molecule has 122 valence electrons. The summed E-state index contributed by atoms with van der Waals surface area (Å²) in [4.78, 5) is 11.3. The Balaban J connectivity index is 2.06. The molecule has 0 aliphatic rings. The SMILES string of the molecule is C=C(C)C(=O)OCCOc1ccc(OCCCl)c2ccccc12. The molecule has 0 heterocycles. The molecule has 0 bridgehead atoms. The largest absolute Gasteiger partial charge is 0.492 e. The average molecular weight is 335 g/mol. The number of rotatable bonds is 8. The highest BCUT2D eigenvalue weighted by Crippen LogP contribution is 2.33. The van der Waals surface area contributed by atoms with Gasteiger partial charge in [-0.05, 0) is 19.1 Å². The molecule has 0 amide bonds. The molecule has 0 saturated heterocycles. The first-order valence-corrected chi connectivity index (χ1v) is 7.83. The van der Waals surface area contributed by atoms with Crippen molar-refractivity contribution in [2.75, 3.05) is 25.7 Å². The predicted molar refractivity (Wildman–Crippen MR) is 91.4 cm³/mol. The maximum absolute atomic E-state index is 11.3. The summed E-state index contributed by atoms with van der Waals surface area (Å²) in [5.74, 6) is 1.50. The minimum Gasteiger partial charge on any atom is -0.492 e. The third kappa shape index (κ3) is 4.63. The summed E-state index contributed by atoms with van der Waals surface area (Å²) >= 11 is 5.67. The summed E-state index contributed by atoms with van der Waals surface area (Å²) in [6.45, 7) is 6.02. The van der Waals surface area contributed by atoms with Crippen LogP contribution in [0.15, 0.2) is 48.6 Å². The number of ether oxygens (including phenoxy) is 3. The second-order valence-electron chi connectivity index (χ2n) is 4.91. The predicted octanol–water partition coefficient (Wildman–Crippen LogP) is 3.96. The summed E-state index contributed by atoms with van der Waals surface area (Å²) in [5, 5.41) is 1.89. The number of fused-ring (bicyclic) bond motifs is 1. The van der Waals surface area contributed by atoms with E-state index in [-0.39, 0.29) is 13.2 Å². The standard InChI is InChI=1S/C18H19ClO4/c1-13(2)18(20)23-12-11-22-17-8-7-16(21-10-9-19)14-5-3-4-6-15(14)17/h3-8H,1,9-12H2,2H3. The fourth-order valence-electron chi connectivity index (χ4n) is 2.05. The van der Waals surface area contributed by atoms with Gasteiger partial charge in [-0.3, -0.25) is 0 Å². The van der Waals surface area contributed by atoms with Gasteiger partial charge in [-0.1, -0.05) is 30.8 Å². The first-order valence-electron chi connectivity index (χ1n) is 7.29. The molecule has 5 heteroatoms. The van der Waals surface area contributed by atoms with Crippen molar-refractivity contribution in [1.29, 1.82) is 0 Å². The van der Waals surface area contributed by atoms with Gasteiger partial charge < -0.3 is 14.2 Å². The minimum atomic E-state index is -0.414. The van der Waals surface area contributed by atoms with E-state index >= 15 is 0 Å². The van der Waals surface area contributed by atoms with Gasteiger partial charge in [0.15, 0.2) is 0 Å². The van der Waals surface area contributed by atoms with Crippen LogP contribution in [0.5, 0.6) is 11.5 Å². The summed E-state index contributed by atoms with van der Waals surface area (Å²) in [6, 6.07) is 11.5. The van der Waals surface area contributed by atoms with Crippen molar-refractivity contribution in [2.45, 2.75) is 6.92 Å². The van der Waals surface area contributed by atoms with Crippen LogP contribution in [0.1, 0.15) is 6.92 Å². The molecule has 0 fully saturated rings. The quantitative estimate of drug-likeness (QED) is 0.317. The third-order valence-electron chi connectivity index (χ3n) is 3.10. The Morgan fingerprint density at radius 3 is 2.09 bits per heavy atom. The van der Waals surface area contributed by atoms with E-state index in [0.29, 0.717) is 23.8 Å². The van der Waals surface area contributed by atoms with Crippen molar-refractivity contribution >= 4 is 28.3 Å². The molecule has 0 spiro atoms. The highest BCUT2D eigenvalue weighted by Gasteiger charge is 2.08. The number of halogens is 1. The number of benzene rings is 2. The van der Waals surface area contributed by atoms with Crippen LogP contribution in [0.25, 0.3) is 10.8 Å². The lowest BCUT2D eigenvalue weighted by Crippen LogP contribution is -2.12. The van der Waals surface area contributed by atoms with Crippen LogP contribution in [0.2, 0.25) is 0 Å². The third-order valence-corrected chi connectivity index (χ3v) is 3.26. The van der Waals surface area contributed by atoms with E-state index in [1.807, 2.05) is 36.4 Å². The molecular weight excluding hydrogens is 316 g/mol. The van der Waals surface area contributed by atoms with Gasteiger partial charge in [0.1, 0.15) is 31.3 Å². The van der Waals surface area contributed by atoms with Crippen LogP contribution in [0.3, 0.4) is 0 Å². The molecule has 0 aliphatic carbocycles. The van der Waals surface area contributed by atoms with Crippen molar-refractivity contribution in [2.24, 2.45) is 0 Å². The Morgan fingerprint density at radius 2 is 1.57 bits per heavy atom. The first-order chi connectivity index (χ1) is 11.1. The molecule has 23 heavy (non-hydrogen) atoms. The fourth-order valence-corrected chi connectivity index (χ4v) is 2.13. The molecule has 0 aromatic heterocycles. The van der Waals surface area contributed by atoms with E-state index in [9.17, 15) is 4.79 Å². The van der Waals surface area contributed by atoms with Crippen LogP contribution in [-0.2, 0) is 9.53 Å². The Hall–Kier alpha value is -2.20. The Labute approximate surface area is 140 Å². The van der Waals surface area contributed by atoms with Gasteiger partial charge in [0.05, 0.1) is 5.88 Å². The molecule has 0 saturated carbocycles. The number of hydrogen-bond donors (Lipinski definition) is 0. The van der Waals surface area contributed by atoms with Crippen LogP contribution in [-0.4, -0.2) is 31.7 Å². The lowest BCUT2D eigenvalue weighted by molar-refractivity contribution is -0.139. The van der Waals surface area contributed by atoms with E-state index in [1.165, 1.54) is 0 Å².